The first-order valence-corrected chi connectivity index (χ1v) is 4.44. The van der Waals surface area contributed by atoms with E-state index in [-0.39, 0.29) is 6.61 Å². The molecule has 0 aliphatic carbocycles. The van der Waals surface area contributed by atoms with Crippen LogP contribution in [0.2, 0.25) is 0 Å². The topological polar surface area (TPSA) is 29.5 Å². The van der Waals surface area contributed by atoms with Gasteiger partial charge in [0.25, 0.3) is 0 Å². The molecule has 0 saturated heterocycles. The predicted octanol–water partition coefficient (Wildman–Crippen LogP) is 1.68. The highest BCUT2D eigenvalue weighted by atomic mass is 16.5. The van der Waals surface area contributed by atoms with Crippen LogP contribution in [0.25, 0.3) is 0 Å². The molecule has 11 heavy (non-hydrogen) atoms. The summed E-state index contributed by atoms with van der Waals surface area (Å²) in [5.74, 6) is 0.881. The van der Waals surface area contributed by atoms with Gasteiger partial charge in [-0.25, -0.2) is 0 Å². The van der Waals surface area contributed by atoms with E-state index in [1.807, 2.05) is 6.92 Å². The zero-order valence-electron chi connectivity index (χ0n) is 7.84. The van der Waals surface area contributed by atoms with E-state index >= 15 is 0 Å². The molecule has 0 bridgehead atoms. The van der Waals surface area contributed by atoms with Gasteiger partial charge in [0, 0.05) is 19.1 Å². The number of ether oxygens (including phenoxy) is 1. The third-order valence-electron chi connectivity index (χ3n) is 2.22. The van der Waals surface area contributed by atoms with Gasteiger partial charge in [0.1, 0.15) is 0 Å². The quantitative estimate of drug-likeness (QED) is 0.640. The number of aliphatic hydroxyl groups excluding tert-OH is 1. The summed E-state index contributed by atoms with van der Waals surface area (Å²) in [4.78, 5) is 0. The molecule has 0 aromatic heterocycles. The average molecular weight is 160 g/mol. The predicted molar refractivity (Wildman–Crippen MR) is 46.5 cm³/mol. The van der Waals surface area contributed by atoms with Gasteiger partial charge in [0.2, 0.25) is 0 Å². The molecule has 68 valence electrons. The summed E-state index contributed by atoms with van der Waals surface area (Å²) in [5.41, 5.74) is 0. The second-order valence-electron chi connectivity index (χ2n) is 2.99. The van der Waals surface area contributed by atoms with Crippen molar-refractivity contribution in [3.8, 4) is 0 Å². The summed E-state index contributed by atoms with van der Waals surface area (Å²) < 4.78 is 5.25. The van der Waals surface area contributed by atoms with Gasteiger partial charge in [-0.15, -0.1) is 0 Å². The smallest absolute Gasteiger partial charge is 0.0518 e. The Bertz CT molecular complexity index is 83.6. The van der Waals surface area contributed by atoms with Crippen LogP contribution < -0.4 is 0 Å². The second kappa shape index (κ2) is 6.62. The third-order valence-corrected chi connectivity index (χ3v) is 2.22. The number of rotatable bonds is 6. The first-order valence-electron chi connectivity index (χ1n) is 4.44. The molecule has 0 aliphatic heterocycles. The molecule has 0 aromatic carbocycles. The van der Waals surface area contributed by atoms with E-state index in [0.717, 1.165) is 13.0 Å². The van der Waals surface area contributed by atoms with Crippen LogP contribution in [-0.4, -0.2) is 24.9 Å². The van der Waals surface area contributed by atoms with E-state index in [4.69, 9.17) is 9.84 Å². The van der Waals surface area contributed by atoms with Crippen molar-refractivity contribution >= 4 is 0 Å². The van der Waals surface area contributed by atoms with Crippen molar-refractivity contribution < 1.29 is 9.84 Å². The fraction of sp³-hybridized carbons (Fsp3) is 1.00. The van der Waals surface area contributed by atoms with E-state index in [9.17, 15) is 0 Å². The maximum atomic E-state index is 8.97. The molecule has 2 nitrogen and oxygen atoms in total. The average Bonchev–Trinajstić information content (AvgIpc) is 2.05. The molecule has 0 aliphatic rings. The lowest BCUT2D eigenvalue weighted by molar-refractivity contribution is 0.0558. The van der Waals surface area contributed by atoms with Gasteiger partial charge in [-0.05, 0) is 12.8 Å². The zero-order valence-corrected chi connectivity index (χ0v) is 7.84. The Hall–Kier alpha value is -0.0800. The summed E-state index contributed by atoms with van der Waals surface area (Å²) >= 11 is 0. The molecule has 0 heterocycles. The van der Waals surface area contributed by atoms with Crippen LogP contribution in [0, 0.1) is 11.8 Å². The fourth-order valence-corrected chi connectivity index (χ4v) is 0.999. The maximum Gasteiger partial charge on any atom is 0.0518 e. The van der Waals surface area contributed by atoms with Crippen molar-refractivity contribution in [3.63, 3.8) is 0 Å². The third kappa shape index (κ3) is 4.38. The van der Waals surface area contributed by atoms with Crippen LogP contribution in [0.15, 0.2) is 0 Å². The lowest BCUT2D eigenvalue weighted by atomic mass is 9.93. The second-order valence-corrected chi connectivity index (χ2v) is 2.99. The molecular weight excluding hydrogens is 140 g/mol. The van der Waals surface area contributed by atoms with Crippen molar-refractivity contribution in [3.05, 3.63) is 0 Å². The van der Waals surface area contributed by atoms with Crippen molar-refractivity contribution in [2.24, 2.45) is 11.8 Å². The molecule has 0 radical (unpaired) electrons. The summed E-state index contributed by atoms with van der Waals surface area (Å²) in [6, 6.07) is 0. The Morgan fingerprint density at radius 3 is 2.36 bits per heavy atom. The molecule has 0 spiro atoms. The van der Waals surface area contributed by atoms with Gasteiger partial charge in [0.15, 0.2) is 0 Å². The van der Waals surface area contributed by atoms with Crippen LogP contribution in [-0.2, 0) is 4.74 Å². The monoisotopic (exact) mass is 160 g/mol. The first kappa shape index (κ1) is 10.9. The van der Waals surface area contributed by atoms with Crippen molar-refractivity contribution in [1.29, 1.82) is 0 Å². The molecule has 1 N–H and O–H groups in total. The minimum atomic E-state index is 0.245. The van der Waals surface area contributed by atoms with Gasteiger partial charge < -0.3 is 9.84 Å². The lowest BCUT2D eigenvalue weighted by Gasteiger charge is -2.19. The molecule has 2 atom stereocenters. The molecule has 0 rings (SSSR count). The minimum Gasteiger partial charge on any atom is -0.396 e. The van der Waals surface area contributed by atoms with Gasteiger partial charge in [-0.1, -0.05) is 20.3 Å². The molecular formula is C9H20O2. The SMILES string of the molecule is CCOCC(CO)C(C)CC. The Labute approximate surface area is 69.6 Å². The number of aliphatic hydroxyl groups is 1. The van der Waals surface area contributed by atoms with Crippen LogP contribution in [0.5, 0.6) is 0 Å². The maximum absolute atomic E-state index is 8.97. The highest BCUT2D eigenvalue weighted by Crippen LogP contribution is 2.14. The number of hydrogen-bond acceptors (Lipinski definition) is 2. The van der Waals surface area contributed by atoms with E-state index in [0.29, 0.717) is 18.4 Å². The first-order chi connectivity index (χ1) is 5.26. The van der Waals surface area contributed by atoms with Crippen molar-refractivity contribution in [1.82, 2.24) is 0 Å². The van der Waals surface area contributed by atoms with Crippen LogP contribution in [0.3, 0.4) is 0 Å². The van der Waals surface area contributed by atoms with Gasteiger partial charge in [-0.3, -0.25) is 0 Å². The standard InChI is InChI=1S/C9H20O2/c1-4-8(3)9(6-10)7-11-5-2/h8-10H,4-7H2,1-3H3. The normalized spacial score (nSPS) is 16.4. The Morgan fingerprint density at radius 1 is 1.36 bits per heavy atom. The summed E-state index contributed by atoms with van der Waals surface area (Å²) in [7, 11) is 0. The zero-order chi connectivity index (χ0) is 8.69. The highest BCUT2D eigenvalue weighted by molar-refractivity contribution is 4.63. The lowest BCUT2D eigenvalue weighted by Crippen LogP contribution is -2.21. The highest BCUT2D eigenvalue weighted by Gasteiger charge is 2.13. The Kier molecular flexibility index (Phi) is 6.57. The summed E-state index contributed by atoms with van der Waals surface area (Å²) in [6.45, 7) is 7.95. The molecule has 0 aromatic rings. The summed E-state index contributed by atoms with van der Waals surface area (Å²) in [5, 5.41) is 8.97. The van der Waals surface area contributed by atoms with Gasteiger partial charge in [-0.2, -0.15) is 0 Å². The molecule has 0 amide bonds. The largest absolute Gasteiger partial charge is 0.396 e. The van der Waals surface area contributed by atoms with Gasteiger partial charge in [0.05, 0.1) is 6.61 Å². The van der Waals surface area contributed by atoms with Crippen LogP contribution >= 0.6 is 0 Å². The van der Waals surface area contributed by atoms with E-state index < -0.39 is 0 Å². The van der Waals surface area contributed by atoms with E-state index in [1.165, 1.54) is 0 Å². The summed E-state index contributed by atoms with van der Waals surface area (Å²) in [6.07, 6.45) is 1.11. The fourth-order valence-electron chi connectivity index (χ4n) is 0.999. The van der Waals surface area contributed by atoms with E-state index in [2.05, 4.69) is 13.8 Å². The molecule has 0 saturated carbocycles. The van der Waals surface area contributed by atoms with E-state index in [1.54, 1.807) is 0 Å². The minimum absolute atomic E-state index is 0.245. The van der Waals surface area contributed by atoms with Crippen molar-refractivity contribution in [2.75, 3.05) is 19.8 Å². The van der Waals surface area contributed by atoms with Gasteiger partial charge >= 0.3 is 0 Å². The molecule has 0 fully saturated rings. The van der Waals surface area contributed by atoms with Crippen LogP contribution in [0.4, 0.5) is 0 Å². The molecule has 2 heteroatoms. The Morgan fingerprint density at radius 2 is 2.00 bits per heavy atom. The molecule has 2 unspecified atom stereocenters. The van der Waals surface area contributed by atoms with Crippen molar-refractivity contribution in [2.45, 2.75) is 27.2 Å². The van der Waals surface area contributed by atoms with Crippen LogP contribution in [0.1, 0.15) is 27.2 Å². The number of hydrogen-bond donors (Lipinski definition) is 1. The Balaban J connectivity index is 3.56.